The minimum Gasteiger partial charge on any atom is -0.497 e. The van der Waals surface area contributed by atoms with Crippen molar-refractivity contribution < 1.29 is 24.4 Å². The van der Waals surface area contributed by atoms with E-state index in [0.717, 1.165) is 11.3 Å². The van der Waals surface area contributed by atoms with Gasteiger partial charge in [-0.25, -0.2) is 0 Å². The van der Waals surface area contributed by atoms with Crippen LogP contribution in [-0.4, -0.2) is 42.7 Å². The van der Waals surface area contributed by atoms with Gasteiger partial charge in [0.2, 0.25) is 0 Å². The molecule has 0 fully saturated rings. The van der Waals surface area contributed by atoms with Crippen molar-refractivity contribution in [3.63, 3.8) is 0 Å². The summed E-state index contributed by atoms with van der Waals surface area (Å²) in [5.74, 6) is 1.39. The largest absolute Gasteiger partial charge is 0.497 e. The highest BCUT2D eigenvalue weighted by molar-refractivity contribution is 5.31. The van der Waals surface area contributed by atoms with Crippen LogP contribution in [0.25, 0.3) is 0 Å². The van der Waals surface area contributed by atoms with Crippen LogP contribution >= 0.6 is 0 Å². The molecular weight excluding hydrogens is 320 g/mol. The molecule has 0 saturated carbocycles. The van der Waals surface area contributed by atoms with Crippen molar-refractivity contribution in [2.24, 2.45) is 0 Å². The molecule has 1 unspecified atom stereocenters. The first-order valence-corrected chi connectivity index (χ1v) is 8.37. The molecule has 0 aliphatic carbocycles. The molecular formula is C20H26O5. The molecule has 136 valence electrons. The Hall–Kier alpha value is -2.08. The number of aliphatic hydroxyl groups excluding tert-OH is 1. The number of methoxy groups -OCH3 is 1. The normalized spacial score (nSPS) is 13.2. The van der Waals surface area contributed by atoms with Gasteiger partial charge >= 0.3 is 0 Å². The molecule has 25 heavy (non-hydrogen) atoms. The summed E-state index contributed by atoms with van der Waals surface area (Å²) >= 11 is 0. The van der Waals surface area contributed by atoms with Crippen molar-refractivity contribution in [2.45, 2.75) is 25.0 Å². The zero-order valence-corrected chi connectivity index (χ0v) is 14.6. The molecule has 5 heteroatoms. The Morgan fingerprint density at radius 2 is 1.60 bits per heavy atom. The number of aliphatic hydroxyl groups is 2. The molecule has 0 spiro atoms. The van der Waals surface area contributed by atoms with Crippen LogP contribution in [0.5, 0.6) is 11.5 Å². The SMILES string of the molecule is COc1ccc(OCC(O)(CCCO)COCc2ccccc2)cc1. The highest BCUT2D eigenvalue weighted by atomic mass is 16.5. The average Bonchev–Trinajstić information content (AvgIpc) is 2.66. The smallest absolute Gasteiger partial charge is 0.122 e. The maximum Gasteiger partial charge on any atom is 0.122 e. The maximum atomic E-state index is 10.8. The molecule has 0 amide bonds. The Labute approximate surface area is 148 Å². The summed E-state index contributed by atoms with van der Waals surface area (Å²) in [4.78, 5) is 0. The topological polar surface area (TPSA) is 68.2 Å². The van der Waals surface area contributed by atoms with Crippen molar-refractivity contribution in [2.75, 3.05) is 26.9 Å². The van der Waals surface area contributed by atoms with E-state index in [0.29, 0.717) is 25.2 Å². The highest BCUT2D eigenvalue weighted by Gasteiger charge is 2.28. The van der Waals surface area contributed by atoms with Crippen molar-refractivity contribution in [1.82, 2.24) is 0 Å². The Morgan fingerprint density at radius 3 is 2.24 bits per heavy atom. The van der Waals surface area contributed by atoms with Crippen LogP contribution < -0.4 is 9.47 Å². The summed E-state index contributed by atoms with van der Waals surface area (Å²) in [7, 11) is 1.60. The van der Waals surface area contributed by atoms with Gasteiger partial charge in [0.15, 0.2) is 0 Å². The molecule has 5 nitrogen and oxygen atoms in total. The van der Waals surface area contributed by atoms with Crippen LogP contribution in [-0.2, 0) is 11.3 Å². The summed E-state index contributed by atoms with van der Waals surface area (Å²) in [5, 5.41) is 19.9. The van der Waals surface area contributed by atoms with Gasteiger partial charge in [0.05, 0.1) is 20.3 Å². The minimum absolute atomic E-state index is 0.0174. The molecule has 1 atom stereocenters. The first-order chi connectivity index (χ1) is 12.1. The van der Waals surface area contributed by atoms with E-state index in [1.54, 1.807) is 31.4 Å². The Balaban J connectivity index is 1.88. The van der Waals surface area contributed by atoms with E-state index in [1.165, 1.54) is 0 Å². The van der Waals surface area contributed by atoms with Crippen LogP contribution in [0.15, 0.2) is 54.6 Å². The number of hydrogen-bond acceptors (Lipinski definition) is 5. The van der Waals surface area contributed by atoms with E-state index in [1.807, 2.05) is 30.3 Å². The van der Waals surface area contributed by atoms with Gasteiger partial charge in [-0.1, -0.05) is 30.3 Å². The van der Waals surface area contributed by atoms with E-state index in [9.17, 15) is 5.11 Å². The van der Waals surface area contributed by atoms with Gasteiger partial charge in [-0.3, -0.25) is 0 Å². The summed E-state index contributed by atoms with van der Waals surface area (Å²) < 4.78 is 16.5. The second-order valence-corrected chi connectivity index (χ2v) is 5.99. The second kappa shape index (κ2) is 10.0. The summed E-state index contributed by atoms with van der Waals surface area (Å²) in [6, 6.07) is 17.0. The summed E-state index contributed by atoms with van der Waals surface area (Å²) in [6.45, 7) is 0.667. The number of ether oxygens (including phenoxy) is 3. The molecule has 2 aromatic rings. The Bertz CT molecular complexity index is 599. The third-order valence-corrected chi connectivity index (χ3v) is 3.85. The Morgan fingerprint density at radius 1 is 0.920 bits per heavy atom. The zero-order chi connectivity index (χ0) is 18.0. The van der Waals surface area contributed by atoms with E-state index in [-0.39, 0.29) is 19.8 Å². The predicted molar refractivity (Wildman–Crippen MR) is 95.9 cm³/mol. The fraction of sp³-hybridized carbons (Fsp3) is 0.400. The average molecular weight is 346 g/mol. The van der Waals surface area contributed by atoms with Crippen molar-refractivity contribution in [3.8, 4) is 11.5 Å². The molecule has 0 aliphatic rings. The number of benzene rings is 2. The van der Waals surface area contributed by atoms with E-state index in [4.69, 9.17) is 19.3 Å². The van der Waals surface area contributed by atoms with E-state index in [2.05, 4.69) is 0 Å². The van der Waals surface area contributed by atoms with Gasteiger partial charge in [-0.2, -0.15) is 0 Å². The van der Waals surface area contributed by atoms with Gasteiger partial charge < -0.3 is 24.4 Å². The lowest BCUT2D eigenvalue weighted by Gasteiger charge is -2.28. The molecule has 2 rings (SSSR count). The number of rotatable bonds is 11. The van der Waals surface area contributed by atoms with Gasteiger partial charge in [-0.15, -0.1) is 0 Å². The third-order valence-electron chi connectivity index (χ3n) is 3.85. The fourth-order valence-electron chi connectivity index (χ4n) is 2.42. The first-order valence-electron chi connectivity index (χ1n) is 8.37. The molecule has 0 saturated heterocycles. The van der Waals surface area contributed by atoms with Crippen molar-refractivity contribution in [3.05, 3.63) is 60.2 Å². The molecule has 0 radical (unpaired) electrons. The lowest BCUT2D eigenvalue weighted by atomic mass is 10.00. The molecule has 2 aromatic carbocycles. The summed E-state index contributed by atoms with van der Waals surface area (Å²) in [5.41, 5.74) is -0.111. The monoisotopic (exact) mass is 346 g/mol. The van der Waals surface area contributed by atoms with Gasteiger partial charge in [0.1, 0.15) is 23.7 Å². The second-order valence-electron chi connectivity index (χ2n) is 5.99. The maximum absolute atomic E-state index is 10.8. The lowest BCUT2D eigenvalue weighted by molar-refractivity contribution is -0.0831. The van der Waals surface area contributed by atoms with Crippen LogP contribution in [0.2, 0.25) is 0 Å². The van der Waals surface area contributed by atoms with Crippen molar-refractivity contribution in [1.29, 1.82) is 0 Å². The Kier molecular flexibility index (Phi) is 7.73. The minimum atomic E-state index is -1.16. The third kappa shape index (κ3) is 6.74. The van der Waals surface area contributed by atoms with Crippen LogP contribution in [0.3, 0.4) is 0 Å². The first kappa shape index (κ1) is 19.2. The number of hydrogen-bond donors (Lipinski definition) is 2. The highest BCUT2D eigenvalue weighted by Crippen LogP contribution is 2.21. The predicted octanol–water partition coefficient (Wildman–Crippen LogP) is 2.79. The lowest BCUT2D eigenvalue weighted by Crippen LogP contribution is -2.41. The van der Waals surface area contributed by atoms with Gasteiger partial charge in [-0.05, 0) is 42.7 Å². The van der Waals surface area contributed by atoms with Crippen molar-refractivity contribution >= 4 is 0 Å². The fourth-order valence-corrected chi connectivity index (χ4v) is 2.42. The van der Waals surface area contributed by atoms with E-state index >= 15 is 0 Å². The molecule has 2 N–H and O–H groups in total. The van der Waals surface area contributed by atoms with Crippen LogP contribution in [0.4, 0.5) is 0 Å². The molecule has 0 bridgehead atoms. The summed E-state index contributed by atoms with van der Waals surface area (Å²) in [6.07, 6.45) is 0.881. The van der Waals surface area contributed by atoms with Gasteiger partial charge in [0.25, 0.3) is 0 Å². The molecule has 0 aromatic heterocycles. The zero-order valence-electron chi connectivity index (χ0n) is 14.6. The van der Waals surface area contributed by atoms with E-state index < -0.39 is 5.60 Å². The van der Waals surface area contributed by atoms with Crippen LogP contribution in [0.1, 0.15) is 18.4 Å². The van der Waals surface area contributed by atoms with Crippen LogP contribution in [0, 0.1) is 0 Å². The standard InChI is InChI=1S/C20H26O5/c1-23-18-8-10-19(11-9-18)25-16-20(22,12-5-13-21)15-24-14-17-6-3-2-4-7-17/h2-4,6-11,21-22H,5,12-16H2,1H3. The quantitative estimate of drug-likeness (QED) is 0.655. The molecule has 0 aliphatic heterocycles. The molecule has 0 heterocycles. The van der Waals surface area contributed by atoms with Gasteiger partial charge in [0, 0.05) is 6.61 Å².